The molecule has 2 bridgehead atoms. The normalized spacial score (nSPS) is 30.0. The molecule has 1 aromatic rings. The number of aliphatic hydroxyl groups is 1. The number of esters is 1. The molecule has 39 heavy (non-hydrogen) atoms. The number of carbonyl (C=O) groups excluding carboxylic acids is 3. The van der Waals surface area contributed by atoms with Crippen LogP contribution in [-0.2, 0) is 23.9 Å². The summed E-state index contributed by atoms with van der Waals surface area (Å²) in [4.78, 5) is 45.9. The first kappa shape index (κ1) is 29.3. The quantitative estimate of drug-likeness (QED) is 0.337. The number of fused-ring (bicyclic) bond motifs is 1. The first-order valence-electron chi connectivity index (χ1n) is 14.3. The summed E-state index contributed by atoms with van der Waals surface area (Å²) < 4.78 is 12.3. The third kappa shape index (κ3) is 4.49. The molecule has 0 aromatic heterocycles. The van der Waals surface area contributed by atoms with Crippen LogP contribution in [0.25, 0.3) is 0 Å². The number of amides is 2. The fourth-order valence-electron chi connectivity index (χ4n) is 7.54. The van der Waals surface area contributed by atoms with Crippen molar-refractivity contribution in [2.24, 2.45) is 17.8 Å². The molecule has 0 aliphatic carbocycles. The zero-order valence-corrected chi connectivity index (χ0v) is 24.2. The van der Waals surface area contributed by atoms with Gasteiger partial charge >= 0.3 is 5.97 Å². The van der Waals surface area contributed by atoms with E-state index < -0.39 is 41.1 Å². The van der Waals surface area contributed by atoms with Gasteiger partial charge in [0.15, 0.2) is 0 Å². The van der Waals surface area contributed by atoms with E-state index in [4.69, 9.17) is 9.47 Å². The Labute approximate surface area is 232 Å². The maximum Gasteiger partial charge on any atom is 0.312 e. The van der Waals surface area contributed by atoms with Gasteiger partial charge in [-0.1, -0.05) is 45.0 Å². The Morgan fingerprint density at radius 3 is 2.46 bits per heavy atom. The van der Waals surface area contributed by atoms with Gasteiger partial charge in [-0.2, -0.15) is 0 Å². The van der Waals surface area contributed by atoms with E-state index in [-0.39, 0.29) is 37.5 Å². The number of carbonyl (C=O) groups is 3. The SMILES string of the molecule is C=CCN(C(=O)C1N([C@@H](CO)CC(C)C)C(=O)[C@@H]2[C@H](C(=O)OCC)[C@]3(CC)CCC12O3)c1c(C)cccc1C. The lowest BCUT2D eigenvalue weighted by molar-refractivity contribution is -0.161. The maximum absolute atomic E-state index is 14.8. The Kier molecular flexibility index (Phi) is 8.29. The summed E-state index contributed by atoms with van der Waals surface area (Å²) in [6, 6.07) is 4.29. The van der Waals surface area contributed by atoms with Gasteiger partial charge in [-0.15, -0.1) is 6.58 Å². The standard InChI is InChI=1S/C31H44N2O6/c1-8-16-32(25-20(6)12-11-13-21(25)7)28(36)26-31-15-14-30(9-2,39-31)24(29(37)38-10-3)23(31)27(35)33(26)22(18-34)17-19(4)5/h8,11-13,19,22-24,26,34H,1,9-10,14-18H2,2-7H3/t22-,23+,24-,26?,30+,31?/m1/s1. The van der Waals surface area contributed by atoms with Gasteiger partial charge < -0.3 is 24.4 Å². The van der Waals surface area contributed by atoms with E-state index in [9.17, 15) is 19.5 Å². The minimum atomic E-state index is -1.18. The highest BCUT2D eigenvalue weighted by Crippen LogP contribution is 2.65. The van der Waals surface area contributed by atoms with E-state index in [2.05, 4.69) is 6.58 Å². The van der Waals surface area contributed by atoms with E-state index >= 15 is 0 Å². The Balaban J connectivity index is 1.91. The second kappa shape index (κ2) is 11.0. The summed E-state index contributed by atoms with van der Waals surface area (Å²) in [5.41, 5.74) is 0.608. The third-order valence-corrected chi connectivity index (χ3v) is 9.03. The van der Waals surface area contributed by atoms with Crippen LogP contribution < -0.4 is 4.90 Å². The second-order valence-electron chi connectivity index (χ2n) is 11.8. The number of aliphatic hydroxyl groups excluding tert-OH is 1. The van der Waals surface area contributed by atoms with E-state index in [1.807, 2.05) is 52.8 Å². The molecular weight excluding hydrogens is 496 g/mol. The van der Waals surface area contributed by atoms with Gasteiger partial charge in [0.05, 0.1) is 30.8 Å². The van der Waals surface area contributed by atoms with Gasteiger partial charge in [0.25, 0.3) is 5.91 Å². The van der Waals surface area contributed by atoms with E-state index in [0.29, 0.717) is 25.7 Å². The molecule has 0 saturated carbocycles. The molecule has 3 saturated heterocycles. The van der Waals surface area contributed by atoms with Crippen molar-refractivity contribution < 1.29 is 29.0 Å². The van der Waals surface area contributed by atoms with Crippen molar-refractivity contribution in [3.8, 4) is 0 Å². The number of hydrogen-bond acceptors (Lipinski definition) is 6. The minimum absolute atomic E-state index is 0.173. The molecule has 3 aliphatic heterocycles. The lowest BCUT2D eigenvalue weighted by Crippen LogP contribution is -2.59. The van der Waals surface area contributed by atoms with Crippen LogP contribution in [-0.4, -0.2) is 70.8 Å². The monoisotopic (exact) mass is 540 g/mol. The van der Waals surface area contributed by atoms with Crippen molar-refractivity contribution in [2.75, 3.05) is 24.7 Å². The zero-order valence-electron chi connectivity index (χ0n) is 24.2. The highest BCUT2D eigenvalue weighted by Gasteiger charge is 2.79. The number of benzene rings is 1. The zero-order chi connectivity index (χ0) is 28.7. The molecule has 0 radical (unpaired) electrons. The summed E-state index contributed by atoms with van der Waals surface area (Å²) in [6.07, 6.45) is 3.77. The molecule has 6 atom stereocenters. The van der Waals surface area contributed by atoms with Crippen LogP contribution in [0.5, 0.6) is 0 Å². The fourth-order valence-corrected chi connectivity index (χ4v) is 7.54. The summed E-state index contributed by atoms with van der Waals surface area (Å²) in [6.45, 7) is 15.7. The maximum atomic E-state index is 14.8. The number of anilines is 1. The third-order valence-electron chi connectivity index (χ3n) is 9.03. The van der Waals surface area contributed by atoms with Gasteiger partial charge in [-0.05, 0) is 63.5 Å². The fraction of sp³-hybridized carbons (Fsp3) is 0.645. The van der Waals surface area contributed by atoms with Crippen molar-refractivity contribution in [3.05, 3.63) is 42.0 Å². The molecule has 3 heterocycles. The number of nitrogens with zero attached hydrogens (tertiary/aromatic N) is 2. The molecule has 3 aliphatic rings. The first-order chi connectivity index (χ1) is 18.5. The summed E-state index contributed by atoms with van der Waals surface area (Å²) in [7, 11) is 0. The van der Waals surface area contributed by atoms with Crippen LogP contribution in [0.2, 0.25) is 0 Å². The summed E-state index contributed by atoms with van der Waals surface area (Å²) in [5.74, 6) is -2.50. The van der Waals surface area contributed by atoms with Gasteiger partial charge in [-0.3, -0.25) is 14.4 Å². The average molecular weight is 541 g/mol. The summed E-state index contributed by atoms with van der Waals surface area (Å²) in [5, 5.41) is 10.5. The molecule has 214 valence electrons. The minimum Gasteiger partial charge on any atom is -0.466 e. The van der Waals surface area contributed by atoms with Crippen LogP contribution in [0, 0.1) is 31.6 Å². The van der Waals surface area contributed by atoms with Crippen LogP contribution in [0.15, 0.2) is 30.9 Å². The number of ether oxygens (including phenoxy) is 2. The Morgan fingerprint density at radius 2 is 1.92 bits per heavy atom. The second-order valence-corrected chi connectivity index (χ2v) is 11.8. The molecule has 1 aromatic carbocycles. The number of rotatable bonds is 11. The topological polar surface area (TPSA) is 96.4 Å². The van der Waals surface area contributed by atoms with Crippen LogP contribution in [0.1, 0.15) is 64.5 Å². The van der Waals surface area contributed by atoms with Gasteiger partial charge in [0.2, 0.25) is 5.91 Å². The lowest BCUT2D eigenvalue weighted by Gasteiger charge is -2.40. The molecule has 1 spiro atoms. The molecule has 8 heteroatoms. The molecular formula is C31H44N2O6. The van der Waals surface area contributed by atoms with Crippen LogP contribution >= 0.6 is 0 Å². The van der Waals surface area contributed by atoms with E-state index in [1.54, 1.807) is 22.8 Å². The predicted octanol–water partition coefficient (Wildman–Crippen LogP) is 3.95. The van der Waals surface area contributed by atoms with Crippen molar-refractivity contribution in [3.63, 3.8) is 0 Å². The predicted molar refractivity (Wildman–Crippen MR) is 149 cm³/mol. The van der Waals surface area contributed by atoms with E-state index in [0.717, 1.165) is 16.8 Å². The van der Waals surface area contributed by atoms with Crippen molar-refractivity contribution in [1.82, 2.24) is 4.90 Å². The molecule has 8 nitrogen and oxygen atoms in total. The highest BCUT2D eigenvalue weighted by atomic mass is 16.6. The smallest absolute Gasteiger partial charge is 0.312 e. The molecule has 2 unspecified atom stereocenters. The molecule has 4 rings (SSSR count). The Hall–Kier alpha value is -2.71. The van der Waals surface area contributed by atoms with Crippen LogP contribution in [0.4, 0.5) is 5.69 Å². The average Bonchev–Trinajstić information content (AvgIpc) is 3.50. The van der Waals surface area contributed by atoms with Gasteiger partial charge in [0, 0.05) is 12.2 Å². The van der Waals surface area contributed by atoms with Crippen LogP contribution in [0.3, 0.4) is 0 Å². The molecule has 2 amide bonds. The Bertz CT molecular complexity index is 1110. The largest absolute Gasteiger partial charge is 0.466 e. The highest BCUT2D eigenvalue weighted by molar-refractivity contribution is 6.05. The number of para-hydroxylation sites is 1. The lowest BCUT2D eigenvalue weighted by atomic mass is 9.65. The summed E-state index contributed by atoms with van der Waals surface area (Å²) >= 11 is 0. The van der Waals surface area contributed by atoms with Crippen molar-refractivity contribution in [2.45, 2.75) is 90.5 Å². The molecule has 3 fully saturated rings. The first-order valence-corrected chi connectivity index (χ1v) is 14.3. The number of aryl methyl sites for hydroxylation is 2. The number of hydrogen-bond donors (Lipinski definition) is 1. The number of likely N-dealkylation sites (tertiary alicyclic amines) is 1. The Morgan fingerprint density at radius 1 is 1.26 bits per heavy atom. The van der Waals surface area contributed by atoms with Crippen molar-refractivity contribution >= 4 is 23.5 Å². The van der Waals surface area contributed by atoms with Crippen molar-refractivity contribution in [1.29, 1.82) is 0 Å². The van der Waals surface area contributed by atoms with E-state index in [1.165, 1.54) is 0 Å². The molecule has 1 N–H and O–H groups in total. The van der Waals surface area contributed by atoms with Gasteiger partial charge in [-0.25, -0.2) is 0 Å². The van der Waals surface area contributed by atoms with Gasteiger partial charge in [0.1, 0.15) is 17.6 Å².